The van der Waals surface area contributed by atoms with Crippen LogP contribution in [0.2, 0.25) is 0 Å². The van der Waals surface area contributed by atoms with Crippen LogP contribution in [0.15, 0.2) is 29.1 Å². The second-order valence-electron chi connectivity index (χ2n) is 2.97. The number of nitrogens with one attached hydrogen (secondary N) is 1. The van der Waals surface area contributed by atoms with Crippen LogP contribution < -0.4 is 5.56 Å². The van der Waals surface area contributed by atoms with Gasteiger partial charge in [0, 0.05) is 17.0 Å². The van der Waals surface area contributed by atoms with Crippen molar-refractivity contribution >= 4 is 16.6 Å². The van der Waals surface area contributed by atoms with Crippen LogP contribution in [0.3, 0.4) is 0 Å². The van der Waals surface area contributed by atoms with Crippen molar-refractivity contribution in [1.29, 1.82) is 0 Å². The molecule has 0 unspecified atom stereocenters. The van der Waals surface area contributed by atoms with E-state index in [1.807, 2.05) is 0 Å². The highest BCUT2D eigenvalue weighted by Crippen LogP contribution is 2.15. The molecule has 76 valence electrons. The van der Waals surface area contributed by atoms with Crippen molar-refractivity contribution in [1.82, 2.24) is 4.98 Å². The lowest BCUT2D eigenvalue weighted by Gasteiger charge is -1.97. The van der Waals surface area contributed by atoms with Gasteiger partial charge in [0.2, 0.25) is 0 Å². The third-order valence-corrected chi connectivity index (χ3v) is 1.98. The highest BCUT2D eigenvalue weighted by Gasteiger charge is 2.13. The topological polar surface area (TPSA) is 76.0 Å². The quantitative estimate of drug-likeness (QED) is 0.570. The zero-order valence-corrected chi connectivity index (χ0v) is 7.36. The Kier molecular flexibility index (Phi) is 1.96. The molecular formula is C9H5FN2O3. The SMILES string of the molecule is O=c1[nH]c2ccc(F)cc2cc1[N+](=O)[O-]. The van der Waals surface area contributed by atoms with Crippen LogP contribution in [-0.2, 0) is 0 Å². The van der Waals surface area contributed by atoms with Crippen LogP contribution in [0.25, 0.3) is 10.9 Å². The van der Waals surface area contributed by atoms with Crippen molar-refractivity contribution in [3.8, 4) is 0 Å². The molecule has 0 amide bonds. The van der Waals surface area contributed by atoms with E-state index in [-0.39, 0.29) is 0 Å². The number of hydrogen-bond donors (Lipinski definition) is 1. The van der Waals surface area contributed by atoms with Crippen LogP contribution in [0.1, 0.15) is 0 Å². The number of aromatic nitrogens is 1. The summed E-state index contributed by atoms with van der Waals surface area (Å²) >= 11 is 0. The smallest absolute Gasteiger partial charge is 0.316 e. The summed E-state index contributed by atoms with van der Waals surface area (Å²) in [4.78, 5) is 23.1. The van der Waals surface area contributed by atoms with E-state index in [2.05, 4.69) is 4.98 Å². The molecule has 0 aliphatic rings. The zero-order chi connectivity index (χ0) is 11.0. The van der Waals surface area contributed by atoms with Gasteiger partial charge in [0.1, 0.15) is 5.82 Å². The number of rotatable bonds is 1. The largest absolute Gasteiger partial charge is 0.334 e. The minimum atomic E-state index is -0.802. The molecule has 0 aliphatic carbocycles. The van der Waals surface area contributed by atoms with E-state index in [1.54, 1.807) is 0 Å². The zero-order valence-electron chi connectivity index (χ0n) is 7.36. The van der Waals surface area contributed by atoms with E-state index in [0.717, 1.165) is 12.1 Å². The minimum absolute atomic E-state index is 0.293. The van der Waals surface area contributed by atoms with E-state index in [1.165, 1.54) is 12.1 Å². The summed E-state index contributed by atoms with van der Waals surface area (Å²) in [6, 6.07) is 4.70. The van der Waals surface area contributed by atoms with Gasteiger partial charge >= 0.3 is 11.2 Å². The molecule has 0 bridgehead atoms. The first kappa shape index (κ1) is 9.32. The Morgan fingerprint density at radius 2 is 2.07 bits per heavy atom. The standard InChI is InChI=1S/C9H5FN2O3/c10-6-1-2-7-5(3-6)4-8(12(14)15)9(13)11-7/h1-4H,(H,11,13). The Balaban J connectivity index is 2.83. The number of fused-ring (bicyclic) bond motifs is 1. The number of H-pyrrole nitrogens is 1. The molecule has 1 aromatic heterocycles. The fourth-order valence-corrected chi connectivity index (χ4v) is 1.30. The van der Waals surface area contributed by atoms with Gasteiger partial charge < -0.3 is 4.98 Å². The van der Waals surface area contributed by atoms with Crippen molar-refractivity contribution in [2.45, 2.75) is 0 Å². The van der Waals surface area contributed by atoms with Gasteiger partial charge in [-0.3, -0.25) is 14.9 Å². The van der Waals surface area contributed by atoms with Crippen molar-refractivity contribution in [2.75, 3.05) is 0 Å². The van der Waals surface area contributed by atoms with Gasteiger partial charge in [-0.15, -0.1) is 0 Å². The molecule has 0 atom stereocenters. The Bertz CT molecular complexity index is 606. The Morgan fingerprint density at radius 3 is 2.73 bits per heavy atom. The van der Waals surface area contributed by atoms with Gasteiger partial charge in [0.15, 0.2) is 0 Å². The molecule has 0 saturated carbocycles. The maximum absolute atomic E-state index is 12.8. The molecule has 1 heterocycles. The number of benzene rings is 1. The molecule has 2 aromatic rings. The first-order valence-electron chi connectivity index (χ1n) is 4.05. The molecule has 5 nitrogen and oxygen atoms in total. The summed E-state index contributed by atoms with van der Waals surface area (Å²) in [5, 5.41) is 10.7. The second kappa shape index (κ2) is 3.16. The fourth-order valence-electron chi connectivity index (χ4n) is 1.30. The third-order valence-electron chi connectivity index (χ3n) is 1.98. The first-order chi connectivity index (χ1) is 7.08. The molecule has 0 aliphatic heterocycles. The number of nitro groups is 1. The summed E-state index contributed by atoms with van der Waals surface area (Å²) < 4.78 is 12.8. The monoisotopic (exact) mass is 208 g/mol. The lowest BCUT2D eigenvalue weighted by molar-refractivity contribution is -0.386. The van der Waals surface area contributed by atoms with Gasteiger partial charge in [-0.05, 0) is 18.2 Å². The Labute approximate surface area is 82.3 Å². The van der Waals surface area contributed by atoms with Gasteiger partial charge in [-0.25, -0.2) is 4.39 Å². The molecule has 6 heteroatoms. The summed E-state index contributed by atoms with van der Waals surface area (Å²) in [5.74, 6) is -0.510. The van der Waals surface area contributed by atoms with Crippen LogP contribution >= 0.6 is 0 Å². The molecule has 1 aromatic carbocycles. The Hall–Kier alpha value is -2.24. The molecule has 0 radical (unpaired) electrons. The van der Waals surface area contributed by atoms with Crippen LogP contribution in [0.4, 0.5) is 10.1 Å². The number of pyridine rings is 1. The number of nitrogens with zero attached hydrogens (tertiary/aromatic N) is 1. The molecule has 15 heavy (non-hydrogen) atoms. The first-order valence-corrected chi connectivity index (χ1v) is 4.05. The van der Waals surface area contributed by atoms with Crippen LogP contribution in [0.5, 0.6) is 0 Å². The van der Waals surface area contributed by atoms with Crippen molar-refractivity contribution < 1.29 is 9.31 Å². The lowest BCUT2D eigenvalue weighted by Crippen LogP contribution is -2.10. The molecule has 2 rings (SSSR count). The highest BCUT2D eigenvalue weighted by atomic mass is 19.1. The van der Waals surface area contributed by atoms with Crippen molar-refractivity contribution in [3.63, 3.8) is 0 Å². The van der Waals surface area contributed by atoms with Crippen molar-refractivity contribution in [2.24, 2.45) is 0 Å². The van der Waals surface area contributed by atoms with Gasteiger partial charge in [0.05, 0.1) is 4.92 Å². The van der Waals surface area contributed by atoms with E-state index >= 15 is 0 Å². The maximum atomic E-state index is 12.8. The normalized spacial score (nSPS) is 10.5. The fraction of sp³-hybridized carbons (Fsp3) is 0. The molecular weight excluding hydrogens is 203 g/mol. The molecule has 0 fully saturated rings. The third kappa shape index (κ3) is 1.56. The van der Waals surface area contributed by atoms with E-state index < -0.39 is 22.0 Å². The maximum Gasteiger partial charge on any atom is 0.334 e. The summed E-state index contributed by atoms with van der Waals surface area (Å²) in [6.45, 7) is 0. The predicted molar refractivity (Wildman–Crippen MR) is 51.2 cm³/mol. The average molecular weight is 208 g/mol. The summed E-state index contributed by atoms with van der Waals surface area (Å²) in [5.41, 5.74) is -1.01. The minimum Gasteiger partial charge on any atom is -0.316 e. The second-order valence-corrected chi connectivity index (χ2v) is 2.97. The average Bonchev–Trinajstić information content (AvgIpc) is 2.17. The summed E-state index contributed by atoms with van der Waals surface area (Å²) in [7, 11) is 0. The Morgan fingerprint density at radius 1 is 1.33 bits per heavy atom. The lowest BCUT2D eigenvalue weighted by atomic mass is 10.2. The van der Waals surface area contributed by atoms with Crippen molar-refractivity contribution in [3.05, 3.63) is 50.6 Å². The van der Waals surface area contributed by atoms with Gasteiger partial charge in [0.25, 0.3) is 0 Å². The molecule has 0 spiro atoms. The highest BCUT2D eigenvalue weighted by molar-refractivity contribution is 5.80. The van der Waals surface area contributed by atoms with E-state index in [9.17, 15) is 19.3 Å². The van der Waals surface area contributed by atoms with Crippen LogP contribution in [0, 0.1) is 15.9 Å². The van der Waals surface area contributed by atoms with E-state index in [4.69, 9.17) is 0 Å². The molecule has 1 N–H and O–H groups in total. The van der Waals surface area contributed by atoms with Gasteiger partial charge in [-0.2, -0.15) is 0 Å². The molecule has 0 saturated heterocycles. The van der Waals surface area contributed by atoms with Gasteiger partial charge in [-0.1, -0.05) is 0 Å². The number of hydrogen-bond acceptors (Lipinski definition) is 3. The summed E-state index contributed by atoms with van der Waals surface area (Å²) in [6.07, 6.45) is 0. The number of halogens is 1. The van der Waals surface area contributed by atoms with E-state index in [0.29, 0.717) is 10.9 Å². The van der Waals surface area contributed by atoms with Crippen LogP contribution in [-0.4, -0.2) is 9.91 Å². The number of aromatic amines is 1. The predicted octanol–water partition coefficient (Wildman–Crippen LogP) is 1.58.